The van der Waals surface area contributed by atoms with Crippen LogP contribution in [-0.2, 0) is 13.0 Å². The highest BCUT2D eigenvalue weighted by Gasteiger charge is 2.08. The molecule has 2 aromatic rings. The van der Waals surface area contributed by atoms with E-state index in [1.54, 1.807) is 18.2 Å². The van der Waals surface area contributed by atoms with Gasteiger partial charge in [0.05, 0.1) is 12.1 Å². The Morgan fingerprint density at radius 3 is 2.89 bits per heavy atom. The van der Waals surface area contributed by atoms with E-state index in [4.69, 9.17) is 10.3 Å². The number of carbonyl (C=O) groups excluding carboxylic acids is 1. The molecule has 0 unspecified atom stereocenters. The fourth-order valence-corrected chi connectivity index (χ4v) is 1.53. The Balaban J connectivity index is 2.08. The van der Waals surface area contributed by atoms with Crippen LogP contribution in [0.5, 0.6) is 0 Å². The van der Waals surface area contributed by atoms with Gasteiger partial charge in [0.2, 0.25) is 5.89 Å². The molecule has 1 heterocycles. The molecule has 0 aliphatic rings. The second-order valence-electron chi connectivity index (χ2n) is 3.72. The van der Waals surface area contributed by atoms with E-state index >= 15 is 0 Å². The van der Waals surface area contributed by atoms with Gasteiger partial charge in [-0.3, -0.25) is 4.79 Å². The molecule has 94 valence electrons. The molecule has 6 nitrogen and oxygen atoms in total. The van der Waals surface area contributed by atoms with Crippen molar-refractivity contribution in [2.45, 2.75) is 19.9 Å². The fraction of sp³-hybridized carbons (Fsp3) is 0.250. The third-order valence-corrected chi connectivity index (χ3v) is 2.45. The number of hydrogen-bond acceptors (Lipinski definition) is 5. The number of aromatic nitrogens is 2. The van der Waals surface area contributed by atoms with Crippen LogP contribution in [-0.4, -0.2) is 16.0 Å². The molecule has 0 atom stereocenters. The molecule has 0 aliphatic heterocycles. The fourth-order valence-electron chi connectivity index (χ4n) is 1.53. The number of carbonyl (C=O) groups is 1. The van der Waals surface area contributed by atoms with Gasteiger partial charge >= 0.3 is 0 Å². The van der Waals surface area contributed by atoms with Crippen molar-refractivity contribution in [3.63, 3.8) is 0 Å². The molecule has 18 heavy (non-hydrogen) atoms. The Morgan fingerprint density at radius 1 is 1.44 bits per heavy atom. The summed E-state index contributed by atoms with van der Waals surface area (Å²) in [6, 6.07) is 7.01. The third kappa shape index (κ3) is 2.65. The molecule has 3 N–H and O–H groups in total. The first kappa shape index (κ1) is 12.1. The van der Waals surface area contributed by atoms with Crippen LogP contribution in [0.15, 0.2) is 28.8 Å². The van der Waals surface area contributed by atoms with Gasteiger partial charge in [0.1, 0.15) is 0 Å². The van der Waals surface area contributed by atoms with Gasteiger partial charge in [0.15, 0.2) is 5.82 Å². The first-order valence-electron chi connectivity index (χ1n) is 5.65. The van der Waals surface area contributed by atoms with E-state index in [1.807, 2.05) is 13.0 Å². The van der Waals surface area contributed by atoms with E-state index in [0.717, 1.165) is 6.42 Å². The van der Waals surface area contributed by atoms with Crippen molar-refractivity contribution < 1.29 is 9.32 Å². The summed E-state index contributed by atoms with van der Waals surface area (Å²) in [7, 11) is 0. The highest BCUT2D eigenvalue weighted by Crippen LogP contribution is 2.15. The largest absolute Gasteiger partial charge is 0.375 e. The molecule has 0 fully saturated rings. The van der Waals surface area contributed by atoms with Gasteiger partial charge in [-0.2, -0.15) is 4.98 Å². The van der Waals surface area contributed by atoms with Gasteiger partial charge in [-0.05, 0) is 12.1 Å². The van der Waals surface area contributed by atoms with Gasteiger partial charge in [-0.15, -0.1) is 0 Å². The lowest BCUT2D eigenvalue weighted by Gasteiger charge is -2.07. The number of benzene rings is 1. The lowest BCUT2D eigenvalue weighted by atomic mass is 10.1. The maximum absolute atomic E-state index is 11.2. The lowest BCUT2D eigenvalue weighted by molar-refractivity contribution is 0.100. The average molecular weight is 246 g/mol. The van der Waals surface area contributed by atoms with E-state index in [0.29, 0.717) is 29.5 Å². The summed E-state index contributed by atoms with van der Waals surface area (Å²) in [5, 5.41) is 6.84. The Labute approximate surface area is 104 Å². The van der Waals surface area contributed by atoms with Crippen molar-refractivity contribution >= 4 is 11.6 Å². The predicted molar refractivity (Wildman–Crippen MR) is 66.0 cm³/mol. The van der Waals surface area contributed by atoms with Gasteiger partial charge in [-0.25, -0.2) is 0 Å². The Hall–Kier alpha value is -2.37. The molecule has 1 amide bonds. The van der Waals surface area contributed by atoms with Gasteiger partial charge < -0.3 is 15.6 Å². The van der Waals surface area contributed by atoms with Crippen LogP contribution in [0.25, 0.3) is 0 Å². The van der Waals surface area contributed by atoms with E-state index in [2.05, 4.69) is 15.5 Å². The number of hydrogen-bond donors (Lipinski definition) is 2. The zero-order valence-corrected chi connectivity index (χ0v) is 10.0. The Kier molecular flexibility index (Phi) is 3.57. The van der Waals surface area contributed by atoms with Crippen LogP contribution < -0.4 is 11.1 Å². The summed E-state index contributed by atoms with van der Waals surface area (Å²) < 4.78 is 5.04. The van der Waals surface area contributed by atoms with Crippen LogP contribution in [0.1, 0.15) is 29.0 Å². The summed E-state index contributed by atoms with van der Waals surface area (Å²) in [5.41, 5.74) is 6.37. The molecule has 2 rings (SSSR count). The minimum atomic E-state index is -0.474. The highest BCUT2D eigenvalue weighted by molar-refractivity contribution is 5.98. The van der Waals surface area contributed by atoms with E-state index in [1.165, 1.54) is 0 Å². The molecule has 6 heteroatoms. The maximum atomic E-state index is 11.2. The molecule has 0 spiro atoms. The van der Waals surface area contributed by atoms with Gasteiger partial charge in [-0.1, -0.05) is 24.2 Å². The Morgan fingerprint density at radius 2 is 2.22 bits per heavy atom. The van der Waals surface area contributed by atoms with Crippen LogP contribution in [0.2, 0.25) is 0 Å². The number of nitrogens with two attached hydrogens (primary N) is 1. The van der Waals surface area contributed by atoms with Crippen LogP contribution in [0.4, 0.5) is 5.69 Å². The molecular weight excluding hydrogens is 232 g/mol. The third-order valence-electron chi connectivity index (χ3n) is 2.45. The number of primary amides is 1. The van der Waals surface area contributed by atoms with Crippen molar-refractivity contribution in [2.24, 2.45) is 5.73 Å². The quantitative estimate of drug-likeness (QED) is 0.830. The summed E-state index contributed by atoms with van der Waals surface area (Å²) >= 11 is 0. The normalized spacial score (nSPS) is 10.3. The van der Waals surface area contributed by atoms with Crippen molar-refractivity contribution in [2.75, 3.05) is 5.32 Å². The summed E-state index contributed by atoms with van der Waals surface area (Å²) in [5.74, 6) is 0.666. The lowest BCUT2D eigenvalue weighted by Crippen LogP contribution is -2.14. The summed E-state index contributed by atoms with van der Waals surface area (Å²) in [6.07, 6.45) is 0.724. The number of rotatable bonds is 5. The van der Waals surface area contributed by atoms with Crippen LogP contribution >= 0.6 is 0 Å². The summed E-state index contributed by atoms with van der Waals surface area (Å²) in [6.45, 7) is 2.31. The second-order valence-corrected chi connectivity index (χ2v) is 3.72. The monoisotopic (exact) mass is 246 g/mol. The number of para-hydroxylation sites is 1. The molecular formula is C12H14N4O2. The van der Waals surface area contributed by atoms with Gasteiger partial charge in [0, 0.05) is 12.1 Å². The Bertz CT molecular complexity index is 551. The zero-order valence-electron chi connectivity index (χ0n) is 10.0. The average Bonchev–Trinajstić information content (AvgIpc) is 2.84. The minimum absolute atomic E-state index is 0.358. The maximum Gasteiger partial charge on any atom is 0.250 e. The first-order valence-corrected chi connectivity index (χ1v) is 5.65. The zero-order chi connectivity index (χ0) is 13.0. The molecule has 0 bridgehead atoms. The molecule has 0 saturated carbocycles. The van der Waals surface area contributed by atoms with Crippen LogP contribution in [0.3, 0.4) is 0 Å². The predicted octanol–water partition coefficient (Wildman–Crippen LogP) is 1.34. The topological polar surface area (TPSA) is 94.0 Å². The SMILES string of the molecule is CCc1noc(CNc2ccccc2C(N)=O)n1. The number of nitrogens with zero attached hydrogens (tertiary/aromatic N) is 2. The van der Waals surface area contributed by atoms with Crippen molar-refractivity contribution in [1.29, 1.82) is 0 Å². The van der Waals surface area contributed by atoms with Crippen molar-refractivity contribution in [1.82, 2.24) is 10.1 Å². The molecule has 0 radical (unpaired) electrons. The number of aryl methyl sites for hydroxylation is 1. The second kappa shape index (κ2) is 5.31. The summed E-state index contributed by atoms with van der Waals surface area (Å²) in [4.78, 5) is 15.4. The van der Waals surface area contributed by atoms with Crippen LogP contribution in [0, 0.1) is 0 Å². The molecule has 1 aromatic carbocycles. The van der Waals surface area contributed by atoms with E-state index in [9.17, 15) is 4.79 Å². The van der Waals surface area contributed by atoms with Crippen molar-refractivity contribution in [3.8, 4) is 0 Å². The number of nitrogens with one attached hydrogen (secondary N) is 1. The first-order chi connectivity index (χ1) is 8.70. The highest BCUT2D eigenvalue weighted by atomic mass is 16.5. The molecule has 1 aromatic heterocycles. The van der Waals surface area contributed by atoms with E-state index < -0.39 is 5.91 Å². The molecule has 0 saturated heterocycles. The van der Waals surface area contributed by atoms with Gasteiger partial charge in [0.25, 0.3) is 5.91 Å². The minimum Gasteiger partial charge on any atom is -0.375 e. The molecule has 0 aliphatic carbocycles. The smallest absolute Gasteiger partial charge is 0.250 e. The van der Waals surface area contributed by atoms with Crippen molar-refractivity contribution in [3.05, 3.63) is 41.5 Å². The number of amides is 1. The standard InChI is InChI=1S/C12H14N4O2/c1-2-10-15-11(18-16-10)7-14-9-6-4-3-5-8(9)12(13)17/h3-6,14H,2,7H2,1H3,(H2,13,17). The van der Waals surface area contributed by atoms with E-state index in [-0.39, 0.29) is 0 Å². The number of anilines is 1.